The number of rotatable bonds is 7. The monoisotopic (exact) mass is 370 g/mol. The van der Waals surface area contributed by atoms with Gasteiger partial charge in [0.1, 0.15) is 0 Å². The third kappa shape index (κ3) is 3.48. The number of aromatic hydroxyl groups is 1. The van der Waals surface area contributed by atoms with Crippen LogP contribution in [0.1, 0.15) is 17.2 Å². The molecular weight excluding hydrogens is 348 g/mol. The summed E-state index contributed by atoms with van der Waals surface area (Å²) in [6.07, 6.45) is 5.28. The Balaban J connectivity index is 2.19. The Labute approximate surface area is 157 Å². The molecule has 1 unspecified atom stereocenters. The molecule has 3 aromatic rings. The smallest absolute Gasteiger partial charge is 0.203 e. The first-order valence-corrected chi connectivity index (χ1v) is 8.27. The van der Waals surface area contributed by atoms with E-state index in [1.165, 1.54) is 7.11 Å². The summed E-state index contributed by atoms with van der Waals surface area (Å²) in [5.74, 6) is 2.09. The molecule has 1 aromatic heterocycles. The van der Waals surface area contributed by atoms with Crippen molar-refractivity contribution in [1.29, 1.82) is 0 Å². The minimum Gasteiger partial charge on any atom is -0.504 e. The van der Waals surface area contributed by atoms with Crippen LogP contribution in [0.4, 0.5) is 0 Å². The van der Waals surface area contributed by atoms with Gasteiger partial charge in [-0.15, -0.1) is 0 Å². The average molecular weight is 370 g/mol. The van der Waals surface area contributed by atoms with Crippen LogP contribution in [0.5, 0.6) is 28.7 Å². The van der Waals surface area contributed by atoms with Gasteiger partial charge in [-0.05, 0) is 35.4 Å². The third-order valence-corrected chi connectivity index (χ3v) is 4.34. The number of benzene rings is 2. The van der Waals surface area contributed by atoms with Crippen molar-refractivity contribution in [2.24, 2.45) is 0 Å². The molecule has 0 saturated heterocycles. The van der Waals surface area contributed by atoms with E-state index in [9.17, 15) is 5.11 Å². The van der Waals surface area contributed by atoms with Crippen LogP contribution in [0.3, 0.4) is 0 Å². The predicted octanol–water partition coefficient (Wildman–Crippen LogP) is 3.26. The maximum absolute atomic E-state index is 10.2. The molecule has 0 aliphatic heterocycles. The molecule has 0 aliphatic rings. The largest absolute Gasteiger partial charge is 0.504 e. The second-order valence-corrected chi connectivity index (χ2v) is 5.80. The molecule has 0 radical (unpaired) electrons. The number of aromatic nitrogens is 2. The highest BCUT2D eigenvalue weighted by atomic mass is 16.5. The number of phenolic OH excluding ortho intramolecular Hbond substituents is 1. The van der Waals surface area contributed by atoms with Crippen LogP contribution in [-0.2, 0) is 0 Å². The lowest BCUT2D eigenvalue weighted by Crippen LogP contribution is -2.11. The zero-order valence-corrected chi connectivity index (χ0v) is 15.7. The van der Waals surface area contributed by atoms with Crippen LogP contribution in [0.15, 0.2) is 49.1 Å². The van der Waals surface area contributed by atoms with Crippen molar-refractivity contribution in [3.8, 4) is 28.7 Å². The predicted molar refractivity (Wildman–Crippen MR) is 100 cm³/mol. The Morgan fingerprint density at radius 2 is 1.52 bits per heavy atom. The number of imidazole rings is 1. The molecule has 142 valence electrons. The molecule has 0 saturated carbocycles. The summed E-state index contributed by atoms with van der Waals surface area (Å²) in [6, 6.07) is 8.80. The van der Waals surface area contributed by atoms with Crippen molar-refractivity contribution < 1.29 is 24.1 Å². The van der Waals surface area contributed by atoms with E-state index in [1.54, 1.807) is 46.0 Å². The quantitative estimate of drug-likeness (QED) is 0.688. The molecule has 0 spiro atoms. The topological polar surface area (TPSA) is 75.0 Å². The van der Waals surface area contributed by atoms with Gasteiger partial charge in [0, 0.05) is 12.4 Å². The minimum absolute atomic E-state index is 0.0626. The van der Waals surface area contributed by atoms with E-state index >= 15 is 0 Å². The molecule has 1 atom stereocenters. The number of nitrogens with zero attached hydrogens (tertiary/aromatic N) is 2. The second kappa shape index (κ2) is 7.90. The van der Waals surface area contributed by atoms with E-state index in [1.807, 2.05) is 29.0 Å². The van der Waals surface area contributed by atoms with Crippen molar-refractivity contribution in [3.05, 3.63) is 60.2 Å². The molecule has 0 amide bonds. The first-order valence-electron chi connectivity index (χ1n) is 8.27. The van der Waals surface area contributed by atoms with Crippen molar-refractivity contribution in [3.63, 3.8) is 0 Å². The number of hydrogen-bond acceptors (Lipinski definition) is 6. The van der Waals surface area contributed by atoms with Gasteiger partial charge in [-0.1, -0.05) is 6.07 Å². The van der Waals surface area contributed by atoms with Crippen LogP contribution >= 0.6 is 0 Å². The summed E-state index contributed by atoms with van der Waals surface area (Å²) in [5, 5.41) is 10.2. The Kier molecular flexibility index (Phi) is 5.40. The molecule has 0 aliphatic carbocycles. The lowest BCUT2D eigenvalue weighted by Gasteiger charge is -2.22. The second-order valence-electron chi connectivity index (χ2n) is 5.80. The maximum Gasteiger partial charge on any atom is 0.203 e. The van der Waals surface area contributed by atoms with Crippen LogP contribution < -0.4 is 18.9 Å². The third-order valence-electron chi connectivity index (χ3n) is 4.34. The lowest BCUT2D eigenvalue weighted by molar-refractivity contribution is 0.323. The molecule has 1 N–H and O–H groups in total. The number of hydrogen-bond donors (Lipinski definition) is 1. The van der Waals surface area contributed by atoms with Crippen molar-refractivity contribution in [1.82, 2.24) is 9.55 Å². The van der Waals surface area contributed by atoms with E-state index in [0.29, 0.717) is 23.0 Å². The molecular formula is C20H22N2O5. The highest BCUT2D eigenvalue weighted by Crippen LogP contribution is 2.42. The van der Waals surface area contributed by atoms with E-state index in [2.05, 4.69) is 4.98 Å². The average Bonchev–Trinajstić information content (AvgIpc) is 3.21. The van der Waals surface area contributed by atoms with Gasteiger partial charge in [-0.3, -0.25) is 0 Å². The van der Waals surface area contributed by atoms with Gasteiger partial charge >= 0.3 is 0 Å². The van der Waals surface area contributed by atoms with Gasteiger partial charge in [0.2, 0.25) is 5.75 Å². The van der Waals surface area contributed by atoms with E-state index in [-0.39, 0.29) is 11.8 Å². The zero-order chi connectivity index (χ0) is 19.4. The molecule has 7 nitrogen and oxygen atoms in total. The van der Waals surface area contributed by atoms with Gasteiger partial charge in [0.05, 0.1) is 40.8 Å². The Morgan fingerprint density at radius 3 is 2.00 bits per heavy atom. The van der Waals surface area contributed by atoms with Gasteiger partial charge in [0.25, 0.3) is 0 Å². The summed E-state index contributed by atoms with van der Waals surface area (Å²) >= 11 is 0. The molecule has 3 rings (SSSR count). The van der Waals surface area contributed by atoms with Gasteiger partial charge in [-0.25, -0.2) is 4.98 Å². The summed E-state index contributed by atoms with van der Waals surface area (Å²) < 4.78 is 23.5. The fourth-order valence-electron chi connectivity index (χ4n) is 3.10. The molecule has 1 heterocycles. The van der Waals surface area contributed by atoms with Crippen molar-refractivity contribution in [2.45, 2.75) is 6.04 Å². The fourth-order valence-corrected chi connectivity index (χ4v) is 3.10. The Morgan fingerprint density at radius 1 is 0.852 bits per heavy atom. The van der Waals surface area contributed by atoms with Crippen molar-refractivity contribution in [2.75, 3.05) is 28.4 Å². The SMILES string of the molecule is COc1ccc(C(c2cc(OC)c(OC)c(OC)c2)n2ccnc2)cc1O. The van der Waals surface area contributed by atoms with Crippen LogP contribution in [-0.4, -0.2) is 43.1 Å². The molecule has 0 fully saturated rings. The zero-order valence-electron chi connectivity index (χ0n) is 15.7. The molecule has 7 heteroatoms. The first-order chi connectivity index (χ1) is 13.1. The summed E-state index contributed by atoms with van der Waals surface area (Å²) in [4.78, 5) is 4.16. The fraction of sp³-hybridized carbons (Fsp3) is 0.250. The number of ether oxygens (including phenoxy) is 4. The standard InChI is InChI=1S/C20H22N2O5/c1-24-16-6-5-13(9-15(16)23)19(22-8-7-21-12-22)14-10-17(25-2)20(27-4)18(11-14)26-3/h5-12,19,23H,1-4H3. The summed E-state index contributed by atoms with van der Waals surface area (Å²) in [6.45, 7) is 0. The Bertz CT molecular complexity index is 884. The first kappa shape index (κ1) is 18.4. The highest BCUT2D eigenvalue weighted by molar-refractivity contribution is 5.56. The van der Waals surface area contributed by atoms with Gasteiger partial charge < -0.3 is 28.6 Å². The molecule has 27 heavy (non-hydrogen) atoms. The van der Waals surface area contributed by atoms with Gasteiger partial charge in [-0.2, -0.15) is 0 Å². The number of methoxy groups -OCH3 is 4. The van der Waals surface area contributed by atoms with Crippen LogP contribution in [0.2, 0.25) is 0 Å². The normalized spacial score (nSPS) is 11.7. The van der Waals surface area contributed by atoms with Crippen molar-refractivity contribution >= 4 is 0 Å². The van der Waals surface area contributed by atoms with E-state index < -0.39 is 0 Å². The summed E-state index contributed by atoms with van der Waals surface area (Å²) in [7, 11) is 6.23. The Hall–Kier alpha value is -3.35. The molecule has 2 aromatic carbocycles. The summed E-state index contributed by atoms with van der Waals surface area (Å²) in [5.41, 5.74) is 1.73. The van der Waals surface area contributed by atoms with E-state index in [4.69, 9.17) is 18.9 Å². The van der Waals surface area contributed by atoms with Crippen LogP contribution in [0, 0.1) is 0 Å². The van der Waals surface area contributed by atoms with Gasteiger partial charge in [0.15, 0.2) is 23.0 Å². The molecule has 0 bridgehead atoms. The number of phenols is 1. The van der Waals surface area contributed by atoms with E-state index in [0.717, 1.165) is 11.1 Å². The highest BCUT2D eigenvalue weighted by Gasteiger charge is 2.22. The maximum atomic E-state index is 10.2. The minimum atomic E-state index is -0.266. The lowest BCUT2D eigenvalue weighted by atomic mass is 9.97. The van der Waals surface area contributed by atoms with Crippen LogP contribution in [0.25, 0.3) is 0 Å².